The van der Waals surface area contributed by atoms with Crippen LogP contribution in [0.5, 0.6) is 0 Å². The molecular weight excluding hydrogens is 290 g/mol. The Morgan fingerprint density at radius 1 is 1.14 bits per heavy atom. The number of hydrogen-bond acceptors (Lipinski definition) is 5. The highest BCUT2D eigenvalue weighted by atomic mass is 32.2. The normalized spacial score (nSPS) is 11.1. The predicted octanol–water partition coefficient (Wildman–Crippen LogP) is 1.98. The first-order valence-electron chi connectivity index (χ1n) is 6.27. The molecule has 0 radical (unpaired) electrons. The summed E-state index contributed by atoms with van der Waals surface area (Å²) < 4.78 is 27.5. The molecule has 110 valence electrons. The average Bonchev–Trinajstić information content (AvgIpc) is 2.45. The molecule has 0 unspecified atom stereocenters. The van der Waals surface area contributed by atoms with Crippen molar-refractivity contribution in [1.82, 2.24) is 4.98 Å². The van der Waals surface area contributed by atoms with E-state index in [0.29, 0.717) is 11.1 Å². The summed E-state index contributed by atoms with van der Waals surface area (Å²) in [6, 6.07) is 9.93. The van der Waals surface area contributed by atoms with Gasteiger partial charge in [-0.05, 0) is 23.8 Å². The van der Waals surface area contributed by atoms with Gasteiger partial charge in [-0.2, -0.15) is 0 Å². The van der Waals surface area contributed by atoms with E-state index in [1.807, 2.05) is 6.07 Å². The molecule has 0 fully saturated rings. The van der Waals surface area contributed by atoms with E-state index >= 15 is 0 Å². The van der Waals surface area contributed by atoms with Gasteiger partial charge in [0, 0.05) is 24.2 Å². The Kier molecular flexibility index (Phi) is 4.70. The van der Waals surface area contributed by atoms with Crippen LogP contribution in [-0.2, 0) is 26.9 Å². The molecule has 0 saturated heterocycles. The lowest BCUT2D eigenvalue weighted by Gasteiger charge is -2.05. The van der Waals surface area contributed by atoms with E-state index in [1.165, 1.54) is 6.26 Å². The topological polar surface area (TPSA) is 73.3 Å². The second-order valence-electron chi connectivity index (χ2n) is 4.70. The summed E-state index contributed by atoms with van der Waals surface area (Å²) in [6.45, 7) is 0.151. The minimum absolute atomic E-state index is 0.0436. The number of hydrogen-bond donors (Lipinski definition) is 0. The van der Waals surface area contributed by atoms with Crippen molar-refractivity contribution >= 4 is 15.8 Å². The van der Waals surface area contributed by atoms with Gasteiger partial charge in [0.15, 0.2) is 9.84 Å². The van der Waals surface area contributed by atoms with Gasteiger partial charge in [-0.3, -0.25) is 4.98 Å². The molecule has 0 N–H and O–H groups in total. The molecule has 1 aromatic heterocycles. The highest BCUT2D eigenvalue weighted by Crippen LogP contribution is 2.10. The molecule has 0 atom stereocenters. The smallest absolute Gasteiger partial charge is 0.338 e. The Bertz CT molecular complexity index is 709. The summed E-state index contributed by atoms with van der Waals surface area (Å²) in [5, 5.41) is 0. The Balaban J connectivity index is 1.97. The van der Waals surface area contributed by atoms with Crippen LogP contribution >= 0.6 is 0 Å². The molecule has 0 saturated carbocycles. The van der Waals surface area contributed by atoms with Gasteiger partial charge in [0.25, 0.3) is 0 Å². The van der Waals surface area contributed by atoms with E-state index in [4.69, 9.17) is 4.74 Å². The van der Waals surface area contributed by atoms with E-state index in [2.05, 4.69) is 4.98 Å². The Labute approximate surface area is 123 Å². The van der Waals surface area contributed by atoms with Crippen molar-refractivity contribution in [3.8, 4) is 0 Å². The Morgan fingerprint density at radius 2 is 1.86 bits per heavy atom. The van der Waals surface area contributed by atoms with Gasteiger partial charge in [0.2, 0.25) is 0 Å². The van der Waals surface area contributed by atoms with Gasteiger partial charge in [0.1, 0.15) is 6.61 Å². The van der Waals surface area contributed by atoms with Gasteiger partial charge < -0.3 is 4.74 Å². The maximum atomic E-state index is 11.9. The molecule has 0 aliphatic carbocycles. The maximum Gasteiger partial charge on any atom is 0.338 e. The van der Waals surface area contributed by atoms with Crippen LogP contribution in [0, 0.1) is 0 Å². The van der Waals surface area contributed by atoms with Gasteiger partial charge in [-0.15, -0.1) is 0 Å². The van der Waals surface area contributed by atoms with Crippen LogP contribution in [0.25, 0.3) is 0 Å². The lowest BCUT2D eigenvalue weighted by molar-refractivity contribution is 0.0472. The second-order valence-corrected chi connectivity index (χ2v) is 6.84. The number of benzene rings is 1. The molecule has 0 aliphatic heterocycles. The third-order valence-corrected chi connectivity index (χ3v) is 3.57. The summed E-state index contributed by atoms with van der Waals surface area (Å²) >= 11 is 0. The van der Waals surface area contributed by atoms with Crippen molar-refractivity contribution in [2.24, 2.45) is 0 Å². The minimum Gasteiger partial charge on any atom is -0.457 e. The lowest BCUT2D eigenvalue weighted by Crippen LogP contribution is -2.06. The highest BCUT2D eigenvalue weighted by Gasteiger charge is 2.09. The van der Waals surface area contributed by atoms with Gasteiger partial charge in [-0.1, -0.05) is 18.2 Å². The molecule has 21 heavy (non-hydrogen) atoms. The number of carbonyl (C=O) groups excluding carboxylic acids is 1. The summed E-state index contributed by atoms with van der Waals surface area (Å²) in [6.07, 6.45) is 4.44. The molecule has 6 heteroatoms. The Hall–Kier alpha value is -2.21. The monoisotopic (exact) mass is 305 g/mol. The molecule has 0 amide bonds. The van der Waals surface area contributed by atoms with Crippen LogP contribution in [0.1, 0.15) is 21.5 Å². The van der Waals surface area contributed by atoms with Crippen molar-refractivity contribution in [2.45, 2.75) is 12.4 Å². The number of carbonyl (C=O) groups is 1. The fourth-order valence-corrected chi connectivity index (χ4v) is 2.55. The molecule has 1 heterocycles. The van der Waals surface area contributed by atoms with Crippen LogP contribution < -0.4 is 0 Å². The number of pyridine rings is 1. The van der Waals surface area contributed by atoms with Crippen LogP contribution in [-0.4, -0.2) is 25.6 Å². The first-order chi connectivity index (χ1) is 9.94. The number of esters is 1. The third kappa shape index (κ3) is 5.00. The first kappa shape index (κ1) is 15.2. The number of ether oxygens (including phenoxy) is 1. The van der Waals surface area contributed by atoms with Gasteiger partial charge in [0.05, 0.1) is 11.3 Å². The fraction of sp³-hybridized carbons (Fsp3) is 0.200. The summed E-state index contributed by atoms with van der Waals surface area (Å²) in [4.78, 5) is 15.8. The third-order valence-electron chi connectivity index (χ3n) is 2.71. The molecule has 1 aromatic carbocycles. The second kappa shape index (κ2) is 6.49. The standard InChI is InChI=1S/C15H15NO4S/c1-21(18,19)11-12-4-6-14(7-5-12)15(17)20-10-13-3-2-8-16-9-13/h2-9H,10-11H2,1H3. The lowest BCUT2D eigenvalue weighted by atomic mass is 10.1. The molecule has 2 aromatic rings. The summed E-state index contributed by atoms with van der Waals surface area (Å²) in [5.41, 5.74) is 1.83. The van der Waals surface area contributed by atoms with E-state index in [9.17, 15) is 13.2 Å². The summed E-state index contributed by atoms with van der Waals surface area (Å²) in [7, 11) is -3.08. The largest absolute Gasteiger partial charge is 0.457 e. The molecule has 2 rings (SSSR count). The molecule has 0 spiro atoms. The van der Waals surface area contributed by atoms with Gasteiger partial charge in [-0.25, -0.2) is 13.2 Å². The average molecular weight is 305 g/mol. The van der Waals surface area contributed by atoms with E-state index < -0.39 is 15.8 Å². The predicted molar refractivity (Wildman–Crippen MR) is 78.3 cm³/mol. The first-order valence-corrected chi connectivity index (χ1v) is 8.33. The Morgan fingerprint density at radius 3 is 2.43 bits per heavy atom. The van der Waals surface area contributed by atoms with Crippen LogP contribution in [0.2, 0.25) is 0 Å². The van der Waals surface area contributed by atoms with E-state index in [-0.39, 0.29) is 12.4 Å². The van der Waals surface area contributed by atoms with Crippen LogP contribution in [0.4, 0.5) is 0 Å². The van der Waals surface area contributed by atoms with Crippen molar-refractivity contribution < 1.29 is 17.9 Å². The van der Waals surface area contributed by atoms with Crippen LogP contribution in [0.15, 0.2) is 48.8 Å². The number of rotatable bonds is 5. The number of nitrogens with zero attached hydrogens (tertiary/aromatic N) is 1. The summed E-state index contributed by atoms with van der Waals surface area (Å²) in [5.74, 6) is -0.498. The molecule has 0 aliphatic rings. The van der Waals surface area contributed by atoms with Crippen LogP contribution in [0.3, 0.4) is 0 Å². The zero-order valence-electron chi connectivity index (χ0n) is 11.5. The minimum atomic E-state index is -3.08. The van der Waals surface area contributed by atoms with Crippen molar-refractivity contribution in [1.29, 1.82) is 0 Å². The van der Waals surface area contributed by atoms with Crippen molar-refractivity contribution in [2.75, 3.05) is 6.26 Å². The highest BCUT2D eigenvalue weighted by molar-refractivity contribution is 7.89. The van der Waals surface area contributed by atoms with E-state index in [1.54, 1.807) is 42.7 Å². The number of aromatic nitrogens is 1. The van der Waals surface area contributed by atoms with Crippen molar-refractivity contribution in [3.05, 3.63) is 65.5 Å². The molecule has 0 bridgehead atoms. The zero-order valence-corrected chi connectivity index (χ0v) is 12.3. The maximum absolute atomic E-state index is 11.9. The molecule has 5 nitrogen and oxygen atoms in total. The van der Waals surface area contributed by atoms with Gasteiger partial charge >= 0.3 is 5.97 Å². The zero-order chi connectivity index (χ0) is 15.3. The quantitative estimate of drug-likeness (QED) is 0.790. The number of sulfone groups is 1. The fourth-order valence-electron chi connectivity index (χ4n) is 1.76. The van der Waals surface area contributed by atoms with Crippen molar-refractivity contribution in [3.63, 3.8) is 0 Å². The molecular formula is C15H15NO4S. The van der Waals surface area contributed by atoms with E-state index in [0.717, 1.165) is 5.56 Å². The SMILES string of the molecule is CS(=O)(=O)Cc1ccc(C(=O)OCc2cccnc2)cc1.